The number of carboxylic acid groups (broad SMARTS) is 2. The monoisotopic (exact) mass is 269 g/mol. The Labute approximate surface area is 109 Å². The van der Waals surface area contributed by atoms with Gasteiger partial charge in [0.25, 0.3) is 0 Å². The Balaban J connectivity index is 0.000000225. The van der Waals surface area contributed by atoms with Gasteiger partial charge in [-0.25, -0.2) is 9.59 Å². The first-order valence-corrected chi connectivity index (χ1v) is 6.62. The number of carboxylic acids is 2. The van der Waals surface area contributed by atoms with Crippen LogP contribution in [0.25, 0.3) is 0 Å². The van der Waals surface area contributed by atoms with E-state index >= 15 is 0 Å². The molecule has 0 bridgehead atoms. The maximum atomic E-state index is 10.5. The lowest BCUT2D eigenvalue weighted by atomic mass is 10.1. The van der Waals surface area contributed by atoms with Gasteiger partial charge in [-0.1, -0.05) is 12.1 Å². The summed E-state index contributed by atoms with van der Waals surface area (Å²) in [5.41, 5.74) is -0.380. The minimum Gasteiger partial charge on any atom is -0.478 e. The van der Waals surface area contributed by atoms with E-state index in [1.54, 1.807) is 0 Å². The molecule has 0 spiro atoms. The molecule has 0 atom stereocenters. The van der Waals surface area contributed by atoms with Gasteiger partial charge in [-0.2, -0.15) is 11.8 Å². The third kappa shape index (κ3) is 4.77. The number of benzene rings is 1. The zero-order valence-corrected chi connectivity index (χ0v) is 10.6. The molecule has 2 rings (SSSR count). The smallest absolute Gasteiger partial charge is 0.336 e. The molecule has 1 fully saturated rings. The predicted octanol–water partition coefficient (Wildman–Crippen LogP) is 1.41. The summed E-state index contributed by atoms with van der Waals surface area (Å²) >= 11 is 2.03. The number of hydrogen-bond donors (Lipinski definition) is 3. The molecule has 0 amide bonds. The fourth-order valence-electron chi connectivity index (χ4n) is 1.37. The number of nitrogens with one attached hydrogen (secondary N) is 1. The standard InChI is InChI=1S/C8H6O4.C4H9NS/c9-7(10)5-3-1-2-4-6(5)8(11)12;1-3-6-4-2-5-1/h1-4H,(H,9,10)(H,11,12);5H,1-4H2. The van der Waals surface area contributed by atoms with Crippen LogP contribution in [0.3, 0.4) is 0 Å². The lowest BCUT2D eigenvalue weighted by Gasteiger charge is -2.08. The molecule has 1 saturated heterocycles. The molecule has 1 aliphatic heterocycles. The van der Waals surface area contributed by atoms with Crippen molar-refractivity contribution in [1.29, 1.82) is 0 Å². The molecule has 5 nitrogen and oxygen atoms in total. The van der Waals surface area contributed by atoms with E-state index in [0.717, 1.165) is 0 Å². The molecule has 18 heavy (non-hydrogen) atoms. The van der Waals surface area contributed by atoms with Gasteiger partial charge in [0, 0.05) is 24.6 Å². The van der Waals surface area contributed by atoms with E-state index in [1.807, 2.05) is 11.8 Å². The molecular formula is C12H15NO4S. The molecule has 1 aliphatic rings. The number of carbonyl (C=O) groups is 2. The first-order chi connectivity index (χ1) is 8.63. The van der Waals surface area contributed by atoms with Gasteiger partial charge in [0.05, 0.1) is 11.1 Å². The van der Waals surface area contributed by atoms with Gasteiger partial charge < -0.3 is 15.5 Å². The summed E-state index contributed by atoms with van der Waals surface area (Å²) in [6.07, 6.45) is 0. The van der Waals surface area contributed by atoms with Crippen LogP contribution in [0.2, 0.25) is 0 Å². The van der Waals surface area contributed by atoms with Crippen molar-refractivity contribution >= 4 is 23.7 Å². The van der Waals surface area contributed by atoms with Crippen LogP contribution in [-0.4, -0.2) is 46.7 Å². The van der Waals surface area contributed by atoms with Crippen molar-refractivity contribution in [2.45, 2.75) is 0 Å². The normalized spacial score (nSPS) is 14.2. The Morgan fingerprint density at radius 3 is 1.67 bits per heavy atom. The van der Waals surface area contributed by atoms with Gasteiger partial charge in [0.15, 0.2) is 0 Å². The molecule has 1 aromatic rings. The Morgan fingerprint density at radius 1 is 1.00 bits per heavy atom. The molecule has 98 valence electrons. The van der Waals surface area contributed by atoms with Crippen molar-refractivity contribution in [1.82, 2.24) is 5.32 Å². The van der Waals surface area contributed by atoms with Crippen LogP contribution in [0.15, 0.2) is 24.3 Å². The van der Waals surface area contributed by atoms with Crippen LogP contribution >= 0.6 is 11.8 Å². The molecular weight excluding hydrogens is 254 g/mol. The zero-order valence-electron chi connectivity index (χ0n) is 9.76. The van der Waals surface area contributed by atoms with Crippen LogP contribution in [0.1, 0.15) is 20.7 Å². The van der Waals surface area contributed by atoms with Gasteiger partial charge in [0.2, 0.25) is 0 Å². The quantitative estimate of drug-likeness (QED) is 0.752. The summed E-state index contributed by atoms with van der Waals surface area (Å²) < 4.78 is 0. The molecule has 1 aromatic carbocycles. The Morgan fingerprint density at radius 2 is 1.44 bits per heavy atom. The maximum Gasteiger partial charge on any atom is 0.336 e. The number of rotatable bonds is 2. The second-order valence-electron chi connectivity index (χ2n) is 3.52. The molecule has 3 N–H and O–H groups in total. The van der Waals surface area contributed by atoms with Gasteiger partial charge in [0.1, 0.15) is 0 Å². The van der Waals surface area contributed by atoms with Crippen LogP contribution < -0.4 is 5.32 Å². The summed E-state index contributed by atoms with van der Waals surface area (Å²) in [4.78, 5) is 20.9. The summed E-state index contributed by atoms with van der Waals surface area (Å²) in [5, 5.41) is 20.4. The molecule has 0 radical (unpaired) electrons. The summed E-state index contributed by atoms with van der Waals surface area (Å²) in [5.74, 6) is 0.154. The third-order valence-corrected chi connectivity index (χ3v) is 3.22. The molecule has 0 aromatic heterocycles. The highest BCUT2D eigenvalue weighted by molar-refractivity contribution is 7.99. The first-order valence-electron chi connectivity index (χ1n) is 5.47. The Bertz CT molecular complexity index is 374. The average molecular weight is 269 g/mol. The van der Waals surface area contributed by atoms with Crippen molar-refractivity contribution in [3.05, 3.63) is 35.4 Å². The lowest BCUT2D eigenvalue weighted by Crippen LogP contribution is -2.24. The number of aromatic carboxylic acids is 2. The fraction of sp³-hybridized carbons (Fsp3) is 0.333. The molecule has 0 unspecified atom stereocenters. The van der Waals surface area contributed by atoms with E-state index in [-0.39, 0.29) is 11.1 Å². The van der Waals surface area contributed by atoms with Crippen LogP contribution in [-0.2, 0) is 0 Å². The van der Waals surface area contributed by atoms with Crippen molar-refractivity contribution in [2.24, 2.45) is 0 Å². The van der Waals surface area contributed by atoms with Crippen LogP contribution in [0.5, 0.6) is 0 Å². The van der Waals surface area contributed by atoms with Crippen molar-refractivity contribution in [2.75, 3.05) is 24.6 Å². The highest BCUT2D eigenvalue weighted by Gasteiger charge is 2.13. The average Bonchev–Trinajstić information content (AvgIpc) is 2.41. The second kappa shape index (κ2) is 7.73. The topological polar surface area (TPSA) is 86.6 Å². The highest BCUT2D eigenvalue weighted by Crippen LogP contribution is 2.07. The van der Waals surface area contributed by atoms with Gasteiger partial charge >= 0.3 is 11.9 Å². The predicted molar refractivity (Wildman–Crippen MR) is 70.6 cm³/mol. The first kappa shape index (κ1) is 14.5. The number of hydrogen-bond acceptors (Lipinski definition) is 4. The van der Waals surface area contributed by atoms with E-state index in [2.05, 4.69) is 5.32 Å². The SMILES string of the molecule is C1CSCCN1.O=C(O)c1ccccc1C(=O)O. The van der Waals surface area contributed by atoms with Crippen LogP contribution in [0, 0.1) is 0 Å². The molecule has 1 heterocycles. The Hall–Kier alpha value is -1.53. The van der Waals surface area contributed by atoms with E-state index in [4.69, 9.17) is 10.2 Å². The minimum atomic E-state index is -1.23. The lowest BCUT2D eigenvalue weighted by molar-refractivity contribution is 0.0651. The second-order valence-corrected chi connectivity index (χ2v) is 4.74. The largest absolute Gasteiger partial charge is 0.478 e. The van der Waals surface area contributed by atoms with E-state index in [1.165, 1.54) is 48.9 Å². The minimum absolute atomic E-state index is 0.190. The maximum absolute atomic E-state index is 10.5. The fourth-order valence-corrected chi connectivity index (χ4v) is 2.15. The summed E-state index contributed by atoms with van der Waals surface area (Å²) in [6.45, 7) is 2.43. The Kier molecular flexibility index (Phi) is 6.24. The van der Waals surface area contributed by atoms with Gasteiger partial charge in [-0.15, -0.1) is 0 Å². The van der Waals surface area contributed by atoms with E-state index in [9.17, 15) is 9.59 Å². The van der Waals surface area contributed by atoms with E-state index < -0.39 is 11.9 Å². The van der Waals surface area contributed by atoms with E-state index in [0.29, 0.717) is 0 Å². The van der Waals surface area contributed by atoms with Crippen LogP contribution in [0.4, 0.5) is 0 Å². The van der Waals surface area contributed by atoms with Crippen molar-refractivity contribution in [3.63, 3.8) is 0 Å². The summed E-state index contributed by atoms with van der Waals surface area (Å²) in [7, 11) is 0. The van der Waals surface area contributed by atoms with Gasteiger partial charge in [-0.3, -0.25) is 0 Å². The summed E-state index contributed by atoms with van der Waals surface area (Å²) in [6, 6.07) is 5.48. The van der Waals surface area contributed by atoms with Crippen molar-refractivity contribution < 1.29 is 19.8 Å². The van der Waals surface area contributed by atoms with Crippen molar-refractivity contribution in [3.8, 4) is 0 Å². The molecule has 0 saturated carbocycles. The number of thioether (sulfide) groups is 1. The highest BCUT2D eigenvalue weighted by atomic mass is 32.2. The molecule has 0 aliphatic carbocycles. The third-order valence-electron chi connectivity index (χ3n) is 2.23. The zero-order chi connectivity index (χ0) is 13.4. The molecule has 6 heteroatoms. The van der Waals surface area contributed by atoms with Gasteiger partial charge in [-0.05, 0) is 12.1 Å².